The summed E-state index contributed by atoms with van der Waals surface area (Å²) in [5.74, 6) is 0.229. The molecule has 3 rings (SSSR count). The molecule has 0 atom stereocenters. The first-order chi connectivity index (χ1) is 10.1. The lowest BCUT2D eigenvalue weighted by Crippen LogP contribution is -2.03. The maximum absolute atomic E-state index is 13.5. The van der Waals surface area contributed by atoms with Crippen LogP contribution in [-0.4, -0.2) is 7.11 Å². The Balaban J connectivity index is 2.28. The molecule has 1 heterocycles. The van der Waals surface area contributed by atoms with Gasteiger partial charge in [-0.05, 0) is 51.8 Å². The topological polar surface area (TPSA) is 39.4 Å². The van der Waals surface area contributed by atoms with Crippen molar-refractivity contribution in [3.63, 3.8) is 0 Å². The second kappa shape index (κ2) is 5.33. The van der Waals surface area contributed by atoms with E-state index < -0.39 is 11.4 Å². The standard InChI is InChI=1S/C16H10BrFO3/c1-20-12-4-2-3-9(6-12)13-7-10-5-11(18)8-14(17)15(10)21-16(13)19/h2-8H,1H3. The van der Waals surface area contributed by atoms with Gasteiger partial charge >= 0.3 is 5.63 Å². The van der Waals surface area contributed by atoms with Crippen LogP contribution in [0.5, 0.6) is 5.75 Å². The Kier molecular flexibility index (Phi) is 3.51. The van der Waals surface area contributed by atoms with Crippen molar-refractivity contribution in [2.24, 2.45) is 0 Å². The van der Waals surface area contributed by atoms with Crippen molar-refractivity contribution in [2.45, 2.75) is 0 Å². The summed E-state index contributed by atoms with van der Waals surface area (Å²) in [5, 5.41) is 0.513. The zero-order chi connectivity index (χ0) is 15.0. The third-order valence-electron chi connectivity index (χ3n) is 3.13. The van der Waals surface area contributed by atoms with E-state index in [2.05, 4.69) is 15.9 Å². The molecule has 21 heavy (non-hydrogen) atoms. The molecule has 3 aromatic rings. The minimum absolute atomic E-state index is 0.327. The Morgan fingerprint density at radius 2 is 2.00 bits per heavy atom. The van der Waals surface area contributed by atoms with E-state index in [1.54, 1.807) is 37.4 Å². The molecule has 5 heteroatoms. The second-order valence-corrected chi connectivity index (χ2v) is 5.34. The van der Waals surface area contributed by atoms with Crippen LogP contribution in [-0.2, 0) is 0 Å². The molecular formula is C16H10BrFO3. The number of ether oxygens (including phenoxy) is 1. The van der Waals surface area contributed by atoms with Crippen LogP contribution < -0.4 is 10.4 Å². The largest absolute Gasteiger partial charge is 0.497 e. The molecule has 106 valence electrons. The van der Waals surface area contributed by atoms with Gasteiger partial charge in [-0.2, -0.15) is 0 Å². The summed E-state index contributed by atoms with van der Waals surface area (Å²) in [6.45, 7) is 0. The maximum Gasteiger partial charge on any atom is 0.344 e. The molecule has 2 aromatic carbocycles. The number of hydrogen-bond donors (Lipinski definition) is 0. The lowest BCUT2D eigenvalue weighted by molar-refractivity contribution is 0.415. The van der Waals surface area contributed by atoms with Crippen molar-refractivity contribution in [1.29, 1.82) is 0 Å². The van der Waals surface area contributed by atoms with Crippen LogP contribution in [0.1, 0.15) is 0 Å². The van der Waals surface area contributed by atoms with Crippen LogP contribution >= 0.6 is 15.9 Å². The van der Waals surface area contributed by atoms with Crippen molar-refractivity contribution >= 4 is 26.9 Å². The van der Waals surface area contributed by atoms with E-state index in [9.17, 15) is 9.18 Å². The summed E-state index contributed by atoms with van der Waals surface area (Å²) < 4.78 is 24.3. The highest BCUT2D eigenvalue weighted by Gasteiger charge is 2.11. The van der Waals surface area contributed by atoms with Gasteiger partial charge in [0.25, 0.3) is 0 Å². The highest BCUT2D eigenvalue weighted by molar-refractivity contribution is 9.10. The Labute approximate surface area is 128 Å². The number of hydrogen-bond acceptors (Lipinski definition) is 3. The van der Waals surface area contributed by atoms with Crippen LogP contribution in [0.2, 0.25) is 0 Å². The fourth-order valence-electron chi connectivity index (χ4n) is 2.15. The average Bonchev–Trinajstić information content (AvgIpc) is 2.47. The summed E-state index contributed by atoms with van der Waals surface area (Å²) in [6, 6.07) is 11.3. The summed E-state index contributed by atoms with van der Waals surface area (Å²) >= 11 is 3.19. The quantitative estimate of drug-likeness (QED) is 0.645. The smallest absolute Gasteiger partial charge is 0.344 e. The van der Waals surface area contributed by atoms with Gasteiger partial charge in [-0.1, -0.05) is 12.1 Å². The SMILES string of the molecule is COc1cccc(-c2cc3cc(F)cc(Br)c3oc2=O)c1. The molecule has 0 spiro atoms. The van der Waals surface area contributed by atoms with Crippen LogP contribution in [0, 0.1) is 5.82 Å². The molecular weight excluding hydrogens is 339 g/mol. The Hall–Kier alpha value is -2.14. The first-order valence-corrected chi connectivity index (χ1v) is 6.95. The van der Waals surface area contributed by atoms with Gasteiger partial charge in [0.15, 0.2) is 5.58 Å². The predicted octanol–water partition coefficient (Wildman–Crippen LogP) is 4.37. The van der Waals surface area contributed by atoms with E-state index in [1.165, 1.54) is 12.1 Å². The predicted molar refractivity (Wildman–Crippen MR) is 82.1 cm³/mol. The van der Waals surface area contributed by atoms with Gasteiger partial charge in [0.1, 0.15) is 11.6 Å². The monoisotopic (exact) mass is 348 g/mol. The second-order valence-electron chi connectivity index (χ2n) is 4.49. The number of fused-ring (bicyclic) bond motifs is 1. The number of benzene rings is 2. The van der Waals surface area contributed by atoms with Crippen molar-refractivity contribution in [1.82, 2.24) is 0 Å². The van der Waals surface area contributed by atoms with Gasteiger partial charge in [0.2, 0.25) is 0 Å². The van der Waals surface area contributed by atoms with Crippen LogP contribution in [0.3, 0.4) is 0 Å². The van der Waals surface area contributed by atoms with Gasteiger partial charge in [0, 0.05) is 5.39 Å². The highest BCUT2D eigenvalue weighted by Crippen LogP contribution is 2.28. The Bertz CT molecular complexity index is 886. The van der Waals surface area contributed by atoms with Crippen molar-refractivity contribution < 1.29 is 13.5 Å². The normalized spacial score (nSPS) is 10.8. The number of rotatable bonds is 2. The summed E-state index contributed by atoms with van der Waals surface area (Å²) in [4.78, 5) is 12.1. The summed E-state index contributed by atoms with van der Waals surface area (Å²) in [5.41, 5.74) is 0.861. The van der Waals surface area contributed by atoms with Crippen LogP contribution in [0.25, 0.3) is 22.1 Å². The lowest BCUT2D eigenvalue weighted by Gasteiger charge is -2.06. The summed E-state index contributed by atoms with van der Waals surface area (Å²) in [7, 11) is 1.55. The van der Waals surface area contributed by atoms with E-state index in [-0.39, 0.29) is 0 Å². The molecule has 0 aliphatic rings. The van der Waals surface area contributed by atoms with E-state index in [0.29, 0.717) is 32.3 Å². The molecule has 0 aliphatic carbocycles. The Morgan fingerprint density at radius 3 is 2.76 bits per heavy atom. The molecule has 0 saturated carbocycles. The fraction of sp³-hybridized carbons (Fsp3) is 0.0625. The van der Waals surface area contributed by atoms with Gasteiger partial charge < -0.3 is 9.15 Å². The van der Waals surface area contributed by atoms with E-state index >= 15 is 0 Å². The van der Waals surface area contributed by atoms with Gasteiger partial charge in [0.05, 0.1) is 17.1 Å². The zero-order valence-corrected chi connectivity index (χ0v) is 12.6. The number of methoxy groups -OCH3 is 1. The van der Waals surface area contributed by atoms with Crippen LogP contribution in [0.15, 0.2) is 56.1 Å². The van der Waals surface area contributed by atoms with Crippen molar-refractivity contribution in [2.75, 3.05) is 7.11 Å². The van der Waals surface area contributed by atoms with E-state index in [4.69, 9.17) is 9.15 Å². The zero-order valence-electron chi connectivity index (χ0n) is 11.0. The van der Waals surface area contributed by atoms with Gasteiger partial charge in [-0.15, -0.1) is 0 Å². The van der Waals surface area contributed by atoms with Crippen molar-refractivity contribution in [3.05, 3.63) is 63.2 Å². The molecule has 0 saturated heterocycles. The van der Waals surface area contributed by atoms with E-state index in [1.807, 2.05) is 0 Å². The fourth-order valence-corrected chi connectivity index (χ4v) is 2.68. The first kappa shape index (κ1) is 13.8. The molecule has 0 unspecified atom stereocenters. The molecule has 3 nitrogen and oxygen atoms in total. The van der Waals surface area contributed by atoms with Gasteiger partial charge in [-0.25, -0.2) is 9.18 Å². The molecule has 0 bridgehead atoms. The third kappa shape index (κ3) is 2.56. The molecule has 0 N–H and O–H groups in total. The third-order valence-corrected chi connectivity index (χ3v) is 3.72. The molecule has 0 fully saturated rings. The van der Waals surface area contributed by atoms with E-state index in [0.717, 1.165) is 0 Å². The molecule has 0 radical (unpaired) electrons. The highest BCUT2D eigenvalue weighted by atomic mass is 79.9. The first-order valence-electron chi connectivity index (χ1n) is 6.16. The minimum Gasteiger partial charge on any atom is -0.497 e. The van der Waals surface area contributed by atoms with Gasteiger partial charge in [-0.3, -0.25) is 0 Å². The number of halogens is 2. The molecule has 1 aromatic heterocycles. The molecule has 0 aliphatic heterocycles. The Morgan fingerprint density at radius 1 is 1.19 bits per heavy atom. The minimum atomic E-state index is -0.483. The van der Waals surface area contributed by atoms with Crippen LogP contribution in [0.4, 0.5) is 4.39 Å². The average molecular weight is 349 g/mol. The molecule has 0 amide bonds. The van der Waals surface area contributed by atoms with Crippen molar-refractivity contribution in [3.8, 4) is 16.9 Å². The lowest BCUT2D eigenvalue weighted by atomic mass is 10.1. The maximum atomic E-state index is 13.5. The summed E-state index contributed by atoms with van der Waals surface area (Å²) in [6.07, 6.45) is 0.